The van der Waals surface area contributed by atoms with Crippen molar-refractivity contribution in [3.05, 3.63) is 59.7 Å². The number of nitrogens with zero attached hydrogens (tertiary/aromatic N) is 2. The number of piperazine rings is 1. The summed E-state index contributed by atoms with van der Waals surface area (Å²) in [6.07, 6.45) is 0.949. The summed E-state index contributed by atoms with van der Waals surface area (Å²) in [6, 6.07) is 16.7. The molecule has 5 nitrogen and oxygen atoms in total. The fraction of sp³-hybridized carbons (Fsp3) is 0.435. The number of nitrogens with one attached hydrogen (secondary N) is 1. The molecule has 28 heavy (non-hydrogen) atoms. The predicted octanol–water partition coefficient (Wildman–Crippen LogP) is 3.20. The van der Waals surface area contributed by atoms with Gasteiger partial charge in [-0.1, -0.05) is 12.1 Å². The van der Waals surface area contributed by atoms with E-state index >= 15 is 0 Å². The lowest BCUT2D eigenvalue weighted by Crippen LogP contribution is -2.52. The molecule has 2 aromatic carbocycles. The Morgan fingerprint density at radius 3 is 2.61 bits per heavy atom. The Labute approximate surface area is 168 Å². The van der Waals surface area contributed by atoms with Crippen LogP contribution < -0.4 is 15.0 Å². The van der Waals surface area contributed by atoms with Crippen LogP contribution in [0.25, 0.3) is 0 Å². The normalized spacial score (nSPS) is 16.7. The van der Waals surface area contributed by atoms with E-state index in [4.69, 9.17) is 4.74 Å². The molecule has 0 bridgehead atoms. The molecular weight excluding hydrogens is 350 g/mol. The third-order valence-corrected chi connectivity index (χ3v) is 5.45. The average Bonchev–Trinajstić information content (AvgIpc) is 2.75. The minimum atomic E-state index is 0.102. The van der Waals surface area contributed by atoms with Gasteiger partial charge in [0.2, 0.25) is 0 Å². The molecule has 1 atom stereocenters. The lowest BCUT2D eigenvalue weighted by Gasteiger charge is -2.38. The van der Waals surface area contributed by atoms with Gasteiger partial charge in [-0.25, -0.2) is 0 Å². The quantitative estimate of drug-likeness (QED) is 0.800. The average molecular weight is 382 g/mol. The van der Waals surface area contributed by atoms with Gasteiger partial charge in [-0.2, -0.15) is 0 Å². The SMILES string of the molecule is CCN(CC)C(=O)c1ccc(N2CCNCC2Cc2cccc(OC)c2)cc1. The Bertz CT molecular complexity index is 772. The van der Waals surface area contributed by atoms with E-state index in [1.54, 1.807) is 7.11 Å². The number of hydrogen-bond acceptors (Lipinski definition) is 4. The van der Waals surface area contributed by atoms with Gasteiger partial charge in [0.25, 0.3) is 5.91 Å². The van der Waals surface area contributed by atoms with E-state index in [-0.39, 0.29) is 5.91 Å². The maximum absolute atomic E-state index is 12.6. The molecular formula is C23H31N3O2. The van der Waals surface area contributed by atoms with Crippen molar-refractivity contribution in [2.45, 2.75) is 26.3 Å². The first kappa shape index (κ1) is 20.2. The number of hydrogen-bond donors (Lipinski definition) is 1. The maximum atomic E-state index is 12.6. The largest absolute Gasteiger partial charge is 0.497 e. The van der Waals surface area contributed by atoms with Crippen LogP contribution in [-0.4, -0.2) is 56.7 Å². The molecule has 0 saturated carbocycles. The van der Waals surface area contributed by atoms with Gasteiger partial charge in [0.1, 0.15) is 5.75 Å². The summed E-state index contributed by atoms with van der Waals surface area (Å²) in [5.41, 5.74) is 3.20. The number of methoxy groups -OCH3 is 1. The van der Waals surface area contributed by atoms with Crippen LogP contribution in [0.3, 0.4) is 0 Å². The third kappa shape index (κ3) is 4.65. The molecule has 150 valence electrons. The smallest absolute Gasteiger partial charge is 0.253 e. The van der Waals surface area contributed by atoms with Gasteiger partial charge in [-0.15, -0.1) is 0 Å². The molecule has 1 heterocycles. The van der Waals surface area contributed by atoms with Gasteiger partial charge in [0.15, 0.2) is 0 Å². The maximum Gasteiger partial charge on any atom is 0.253 e. The molecule has 1 unspecified atom stereocenters. The molecule has 0 radical (unpaired) electrons. The van der Waals surface area contributed by atoms with Crippen LogP contribution in [0, 0.1) is 0 Å². The van der Waals surface area contributed by atoms with Gasteiger partial charge in [-0.3, -0.25) is 4.79 Å². The van der Waals surface area contributed by atoms with Gasteiger partial charge in [0, 0.05) is 50.0 Å². The lowest BCUT2D eigenvalue weighted by atomic mass is 10.0. The Hall–Kier alpha value is -2.53. The van der Waals surface area contributed by atoms with Crippen molar-refractivity contribution in [1.29, 1.82) is 0 Å². The van der Waals surface area contributed by atoms with E-state index < -0.39 is 0 Å². The molecule has 1 N–H and O–H groups in total. The molecule has 1 aliphatic rings. The van der Waals surface area contributed by atoms with E-state index in [0.717, 1.165) is 50.5 Å². The zero-order valence-electron chi connectivity index (χ0n) is 17.1. The van der Waals surface area contributed by atoms with Crippen LogP contribution in [0.2, 0.25) is 0 Å². The monoisotopic (exact) mass is 381 g/mol. The van der Waals surface area contributed by atoms with Crippen molar-refractivity contribution in [3.63, 3.8) is 0 Å². The molecule has 1 fully saturated rings. The third-order valence-electron chi connectivity index (χ3n) is 5.45. The number of anilines is 1. The molecule has 5 heteroatoms. The predicted molar refractivity (Wildman–Crippen MR) is 114 cm³/mol. The second-order valence-corrected chi connectivity index (χ2v) is 7.13. The summed E-state index contributed by atoms with van der Waals surface area (Å²) in [4.78, 5) is 16.8. The second kappa shape index (κ2) is 9.60. The van der Waals surface area contributed by atoms with Gasteiger partial charge >= 0.3 is 0 Å². The van der Waals surface area contributed by atoms with E-state index in [9.17, 15) is 4.79 Å². The van der Waals surface area contributed by atoms with E-state index in [2.05, 4.69) is 34.5 Å². The summed E-state index contributed by atoms with van der Waals surface area (Å²) in [5.74, 6) is 0.997. The van der Waals surface area contributed by atoms with Crippen molar-refractivity contribution >= 4 is 11.6 Å². The highest BCUT2D eigenvalue weighted by Gasteiger charge is 2.23. The zero-order chi connectivity index (χ0) is 19.9. The van der Waals surface area contributed by atoms with Crippen molar-refractivity contribution in [2.24, 2.45) is 0 Å². The summed E-state index contributed by atoms with van der Waals surface area (Å²) in [7, 11) is 1.70. The van der Waals surface area contributed by atoms with Crippen LogP contribution >= 0.6 is 0 Å². The summed E-state index contributed by atoms with van der Waals surface area (Å²) in [6.45, 7) is 8.36. The van der Waals surface area contributed by atoms with Crippen LogP contribution in [0.5, 0.6) is 5.75 Å². The van der Waals surface area contributed by atoms with Gasteiger partial charge in [-0.05, 0) is 62.2 Å². The standard InChI is InChI=1S/C23H31N3O2/c1-4-25(5-2)23(27)19-9-11-20(12-10-19)26-14-13-24-17-21(26)15-18-7-6-8-22(16-18)28-3/h6-12,16,21,24H,4-5,13-15,17H2,1-3H3. The number of rotatable bonds is 7. The van der Waals surface area contributed by atoms with Crippen LogP contribution in [0.4, 0.5) is 5.69 Å². The summed E-state index contributed by atoms with van der Waals surface area (Å²) in [5, 5.41) is 3.51. The van der Waals surface area contributed by atoms with Crippen molar-refractivity contribution in [1.82, 2.24) is 10.2 Å². The molecule has 0 aliphatic carbocycles. The topological polar surface area (TPSA) is 44.8 Å². The molecule has 1 saturated heterocycles. The Morgan fingerprint density at radius 1 is 1.18 bits per heavy atom. The number of carbonyl (C=O) groups excluding carboxylic acids is 1. The molecule has 0 aromatic heterocycles. The molecule has 0 spiro atoms. The highest BCUT2D eigenvalue weighted by Crippen LogP contribution is 2.23. The Kier molecular flexibility index (Phi) is 6.93. The first-order chi connectivity index (χ1) is 13.7. The second-order valence-electron chi connectivity index (χ2n) is 7.13. The highest BCUT2D eigenvalue weighted by atomic mass is 16.5. The molecule has 2 aromatic rings. The zero-order valence-corrected chi connectivity index (χ0v) is 17.1. The first-order valence-electron chi connectivity index (χ1n) is 10.2. The fourth-order valence-corrected chi connectivity index (χ4v) is 3.84. The molecule has 1 amide bonds. The Balaban J connectivity index is 1.75. The Morgan fingerprint density at radius 2 is 1.93 bits per heavy atom. The van der Waals surface area contributed by atoms with Crippen LogP contribution in [0.1, 0.15) is 29.8 Å². The minimum Gasteiger partial charge on any atom is -0.497 e. The first-order valence-corrected chi connectivity index (χ1v) is 10.2. The van der Waals surface area contributed by atoms with Gasteiger partial charge in [0.05, 0.1) is 7.11 Å². The highest BCUT2D eigenvalue weighted by molar-refractivity contribution is 5.94. The molecule has 3 rings (SSSR count). The van der Waals surface area contributed by atoms with Crippen molar-refractivity contribution < 1.29 is 9.53 Å². The minimum absolute atomic E-state index is 0.102. The van der Waals surface area contributed by atoms with Crippen molar-refractivity contribution in [2.75, 3.05) is 44.7 Å². The van der Waals surface area contributed by atoms with Crippen LogP contribution in [0.15, 0.2) is 48.5 Å². The molecule has 1 aliphatic heterocycles. The van der Waals surface area contributed by atoms with Gasteiger partial charge < -0.3 is 19.9 Å². The number of carbonyl (C=O) groups is 1. The fourth-order valence-electron chi connectivity index (χ4n) is 3.84. The summed E-state index contributed by atoms with van der Waals surface area (Å²) < 4.78 is 5.36. The van der Waals surface area contributed by atoms with Crippen LogP contribution in [-0.2, 0) is 6.42 Å². The van der Waals surface area contributed by atoms with E-state index in [1.165, 1.54) is 11.3 Å². The number of amides is 1. The summed E-state index contributed by atoms with van der Waals surface area (Å²) >= 11 is 0. The van der Waals surface area contributed by atoms with E-state index in [1.807, 2.05) is 43.0 Å². The lowest BCUT2D eigenvalue weighted by molar-refractivity contribution is 0.0773. The number of ether oxygens (including phenoxy) is 1. The number of benzene rings is 2. The van der Waals surface area contributed by atoms with Crippen molar-refractivity contribution in [3.8, 4) is 5.75 Å². The van der Waals surface area contributed by atoms with E-state index in [0.29, 0.717) is 6.04 Å².